The number of hydrogen-bond acceptors (Lipinski definition) is 7. The molecule has 0 atom stereocenters. The van der Waals surface area contributed by atoms with Crippen LogP contribution in [0.3, 0.4) is 0 Å². The van der Waals surface area contributed by atoms with E-state index in [0.29, 0.717) is 27.4 Å². The first-order valence-corrected chi connectivity index (χ1v) is 10.8. The van der Waals surface area contributed by atoms with Gasteiger partial charge in [0.1, 0.15) is 11.2 Å². The van der Waals surface area contributed by atoms with Gasteiger partial charge in [-0.3, -0.25) is 19.0 Å². The summed E-state index contributed by atoms with van der Waals surface area (Å²) in [5.41, 5.74) is 0.214. The Hall–Kier alpha value is -4.18. The van der Waals surface area contributed by atoms with E-state index in [9.17, 15) is 19.2 Å². The summed E-state index contributed by atoms with van der Waals surface area (Å²) in [5.74, 6) is 0.0255. The van der Waals surface area contributed by atoms with Gasteiger partial charge in [0.2, 0.25) is 12.7 Å². The minimum absolute atomic E-state index is 0.0244. The predicted molar refractivity (Wildman–Crippen MR) is 123 cm³/mol. The number of thiophene rings is 1. The smallest absolute Gasteiger partial charge is 0.336 e. The molecule has 0 radical (unpaired) electrons. The number of ketones is 1. The van der Waals surface area contributed by atoms with Gasteiger partial charge in [-0.15, -0.1) is 11.3 Å². The zero-order valence-corrected chi connectivity index (χ0v) is 18.2. The number of carbonyl (C=O) groups is 2. The average molecular weight is 463 g/mol. The van der Waals surface area contributed by atoms with Crippen molar-refractivity contribution in [1.82, 2.24) is 9.13 Å². The summed E-state index contributed by atoms with van der Waals surface area (Å²) >= 11 is 1.20. The number of rotatable bonds is 5. The van der Waals surface area contributed by atoms with Gasteiger partial charge in [-0.1, -0.05) is 18.2 Å². The molecular formula is C23H17N3O6S. The van der Waals surface area contributed by atoms with Crippen molar-refractivity contribution in [2.75, 3.05) is 12.1 Å². The Bertz CT molecular complexity index is 1530. The van der Waals surface area contributed by atoms with Crippen LogP contribution in [0.1, 0.15) is 17.3 Å². The van der Waals surface area contributed by atoms with Gasteiger partial charge in [0.15, 0.2) is 17.3 Å². The maximum atomic E-state index is 13.3. The normalized spacial score (nSPS) is 12.2. The zero-order valence-electron chi connectivity index (χ0n) is 17.4. The number of ether oxygens (including phenoxy) is 2. The van der Waals surface area contributed by atoms with Gasteiger partial charge < -0.3 is 14.8 Å². The Labute approximate surface area is 190 Å². The molecule has 10 heteroatoms. The number of aromatic nitrogens is 2. The molecule has 3 heterocycles. The topological polar surface area (TPSA) is 109 Å². The highest BCUT2D eigenvalue weighted by atomic mass is 32.1. The molecule has 1 aliphatic rings. The quantitative estimate of drug-likeness (QED) is 0.456. The van der Waals surface area contributed by atoms with Crippen LogP contribution >= 0.6 is 11.3 Å². The molecule has 0 fully saturated rings. The first-order valence-electron chi connectivity index (χ1n) is 9.97. The lowest BCUT2D eigenvalue weighted by molar-refractivity contribution is -0.116. The first-order chi connectivity index (χ1) is 15.9. The molecule has 0 bridgehead atoms. The molecular weight excluding hydrogens is 446 g/mol. The van der Waals surface area contributed by atoms with E-state index in [2.05, 4.69) is 5.32 Å². The van der Waals surface area contributed by atoms with Crippen LogP contribution in [0, 0.1) is 0 Å². The van der Waals surface area contributed by atoms with E-state index in [-0.39, 0.29) is 30.4 Å². The van der Waals surface area contributed by atoms with Crippen LogP contribution in [-0.2, 0) is 11.3 Å². The Morgan fingerprint density at radius 2 is 1.79 bits per heavy atom. The first kappa shape index (κ1) is 20.7. The number of para-hydroxylation sites is 1. The highest BCUT2D eigenvalue weighted by Crippen LogP contribution is 2.37. The van der Waals surface area contributed by atoms with E-state index in [1.54, 1.807) is 41.8 Å². The molecule has 2 aromatic heterocycles. The lowest BCUT2D eigenvalue weighted by atomic mass is 10.1. The van der Waals surface area contributed by atoms with Crippen LogP contribution in [-0.4, -0.2) is 27.6 Å². The number of hydrogen-bond donors (Lipinski definition) is 1. The SMILES string of the molecule is CC(=O)c1cc2c(cc1NC(=O)Cn1c(=O)n(-c3ccccc3)c(=O)c3sccc31)OCO2. The summed E-state index contributed by atoms with van der Waals surface area (Å²) in [6, 6.07) is 13.2. The molecule has 0 spiro atoms. The fraction of sp³-hybridized carbons (Fsp3) is 0.130. The molecule has 0 saturated heterocycles. The summed E-state index contributed by atoms with van der Waals surface area (Å²) in [4.78, 5) is 51.3. The summed E-state index contributed by atoms with van der Waals surface area (Å²) in [5, 5.41) is 4.38. The molecule has 0 saturated carbocycles. The molecule has 5 rings (SSSR count). The van der Waals surface area contributed by atoms with Gasteiger partial charge in [0.25, 0.3) is 5.56 Å². The third-order valence-corrected chi connectivity index (χ3v) is 6.13. The lowest BCUT2D eigenvalue weighted by Gasteiger charge is -2.14. The van der Waals surface area contributed by atoms with Crippen molar-refractivity contribution < 1.29 is 19.1 Å². The molecule has 33 heavy (non-hydrogen) atoms. The van der Waals surface area contributed by atoms with Crippen LogP contribution in [0.5, 0.6) is 11.5 Å². The Morgan fingerprint density at radius 3 is 2.52 bits per heavy atom. The maximum Gasteiger partial charge on any atom is 0.336 e. The number of anilines is 1. The van der Waals surface area contributed by atoms with Crippen LogP contribution in [0.15, 0.2) is 63.5 Å². The second-order valence-electron chi connectivity index (χ2n) is 7.34. The van der Waals surface area contributed by atoms with Crippen molar-refractivity contribution in [3.63, 3.8) is 0 Å². The van der Waals surface area contributed by atoms with Crippen molar-refractivity contribution >= 4 is 38.9 Å². The minimum Gasteiger partial charge on any atom is -0.454 e. The number of carbonyl (C=O) groups excluding carboxylic acids is 2. The Kier molecular flexibility index (Phi) is 5.06. The van der Waals surface area contributed by atoms with E-state index < -0.39 is 17.2 Å². The lowest BCUT2D eigenvalue weighted by Crippen LogP contribution is -2.40. The Balaban J connectivity index is 1.55. The number of Topliss-reactive ketones (excluding diaryl/α,β-unsaturated/α-hetero) is 1. The van der Waals surface area contributed by atoms with Crippen LogP contribution < -0.4 is 26.0 Å². The summed E-state index contributed by atoms with van der Waals surface area (Å²) in [6.07, 6.45) is 0. The highest BCUT2D eigenvalue weighted by Gasteiger charge is 2.22. The molecule has 1 amide bonds. The number of amides is 1. The van der Waals surface area contributed by atoms with Crippen molar-refractivity contribution in [1.29, 1.82) is 0 Å². The maximum absolute atomic E-state index is 13.3. The zero-order chi connectivity index (χ0) is 23.1. The van der Waals surface area contributed by atoms with E-state index in [4.69, 9.17) is 9.47 Å². The second kappa shape index (κ2) is 8.06. The monoisotopic (exact) mass is 463 g/mol. The number of benzene rings is 2. The van der Waals surface area contributed by atoms with Gasteiger partial charge in [-0.25, -0.2) is 9.36 Å². The molecule has 166 valence electrons. The van der Waals surface area contributed by atoms with Crippen LogP contribution in [0.25, 0.3) is 15.9 Å². The van der Waals surface area contributed by atoms with Crippen molar-refractivity contribution in [3.8, 4) is 17.2 Å². The fourth-order valence-corrected chi connectivity index (χ4v) is 4.54. The van der Waals surface area contributed by atoms with Crippen molar-refractivity contribution in [2.45, 2.75) is 13.5 Å². The number of nitrogens with zero attached hydrogens (tertiary/aromatic N) is 2. The van der Waals surface area contributed by atoms with E-state index in [1.807, 2.05) is 0 Å². The third kappa shape index (κ3) is 3.60. The highest BCUT2D eigenvalue weighted by molar-refractivity contribution is 7.17. The van der Waals surface area contributed by atoms with Crippen molar-refractivity contribution in [3.05, 3.63) is 80.3 Å². The third-order valence-electron chi connectivity index (χ3n) is 5.24. The Morgan fingerprint density at radius 1 is 1.06 bits per heavy atom. The molecule has 9 nitrogen and oxygen atoms in total. The molecule has 1 aliphatic heterocycles. The fourth-order valence-electron chi connectivity index (χ4n) is 3.71. The van der Waals surface area contributed by atoms with Gasteiger partial charge in [-0.2, -0.15) is 0 Å². The molecule has 1 N–H and O–H groups in total. The van der Waals surface area contributed by atoms with Gasteiger partial charge >= 0.3 is 5.69 Å². The van der Waals surface area contributed by atoms with Gasteiger partial charge in [0, 0.05) is 11.6 Å². The minimum atomic E-state index is -0.635. The summed E-state index contributed by atoms with van der Waals surface area (Å²) in [7, 11) is 0. The molecule has 4 aromatic rings. The van der Waals surface area contributed by atoms with Crippen molar-refractivity contribution in [2.24, 2.45) is 0 Å². The number of fused-ring (bicyclic) bond motifs is 2. The van der Waals surface area contributed by atoms with Gasteiger partial charge in [0.05, 0.1) is 16.9 Å². The van der Waals surface area contributed by atoms with E-state index >= 15 is 0 Å². The predicted octanol–water partition coefficient (Wildman–Crippen LogP) is 2.78. The second-order valence-corrected chi connectivity index (χ2v) is 8.25. The summed E-state index contributed by atoms with van der Waals surface area (Å²) in [6.45, 7) is 1.05. The standard InChI is InChI=1S/C23H17N3O6S/c1-13(27)15-9-18-19(32-12-31-18)10-16(15)24-20(28)11-25-17-7-8-33-21(17)22(29)26(23(25)30)14-5-3-2-4-6-14/h2-10H,11-12H2,1H3,(H,24,28). The van der Waals surface area contributed by atoms with Crippen LogP contribution in [0.4, 0.5) is 5.69 Å². The molecule has 0 aliphatic carbocycles. The van der Waals surface area contributed by atoms with Crippen LogP contribution in [0.2, 0.25) is 0 Å². The van der Waals surface area contributed by atoms with E-state index in [0.717, 1.165) is 4.57 Å². The van der Waals surface area contributed by atoms with E-state index in [1.165, 1.54) is 35.0 Å². The van der Waals surface area contributed by atoms with Gasteiger partial charge in [-0.05, 0) is 36.6 Å². The molecule has 2 aromatic carbocycles. The largest absolute Gasteiger partial charge is 0.454 e. The average Bonchev–Trinajstić information content (AvgIpc) is 3.46. The summed E-state index contributed by atoms with van der Waals surface area (Å²) < 4.78 is 13.3. The molecule has 0 unspecified atom stereocenters. The number of nitrogens with one attached hydrogen (secondary N) is 1.